The highest BCUT2D eigenvalue weighted by Gasteiger charge is 2.52. The highest BCUT2D eigenvalue weighted by Crippen LogP contribution is 2.47. The summed E-state index contributed by atoms with van der Waals surface area (Å²) in [6.45, 7) is 5.85. The molecule has 0 unspecified atom stereocenters. The van der Waals surface area contributed by atoms with E-state index in [9.17, 15) is 19.2 Å². The molecule has 10 heteroatoms. The molecule has 5 aromatic carbocycles. The van der Waals surface area contributed by atoms with Crippen molar-refractivity contribution >= 4 is 84.0 Å². The summed E-state index contributed by atoms with van der Waals surface area (Å²) in [6, 6.07) is 39.9. The van der Waals surface area contributed by atoms with E-state index in [-0.39, 0.29) is 31.3 Å². The second kappa shape index (κ2) is 16.8. The first-order valence-electron chi connectivity index (χ1n) is 18.2. The van der Waals surface area contributed by atoms with Crippen LogP contribution in [0.15, 0.2) is 153 Å². The van der Waals surface area contributed by atoms with E-state index in [0.29, 0.717) is 16.4 Å². The number of rotatable bonds is 14. The van der Waals surface area contributed by atoms with Crippen molar-refractivity contribution in [1.82, 2.24) is 4.90 Å². The molecule has 1 aromatic heterocycles. The summed E-state index contributed by atoms with van der Waals surface area (Å²) in [5.74, 6) is 0.0479. The van der Waals surface area contributed by atoms with Crippen LogP contribution in [0.25, 0.3) is 20.2 Å². The van der Waals surface area contributed by atoms with Crippen molar-refractivity contribution in [2.45, 2.75) is 25.5 Å². The van der Waals surface area contributed by atoms with Crippen molar-refractivity contribution in [3.8, 4) is 0 Å². The number of ketones is 1. The summed E-state index contributed by atoms with van der Waals surface area (Å²) < 4.78 is 18.4. The number of ether oxygens (including phenoxy) is 3. The average Bonchev–Trinajstić information content (AvgIpc) is 3.61. The monoisotopic (exact) mass is 781 g/mol. The van der Waals surface area contributed by atoms with Crippen LogP contribution in [0.4, 0.5) is 4.79 Å². The molecule has 1 aliphatic heterocycles. The maximum absolute atomic E-state index is 14.6. The zero-order valence-electron chi connectivity index (χ0n) is 30.8. The number of amides is 1. The number of benzene rings is 5. The number of β-lactam (4-membered cyclic amide) rings is 1. The maximum Gasteiger partial charge on any atom is 0.508 e. The van der Waals surface area contributed by atoms with Gasteiger partial charge in [0.2, 0.25) is 5.91 Å². The third-order valence-corrected chi connectivity index (χ3v) is 15.1. The molecule has 0 spiro atoms. The van der Waals surface area contributed by atoms with Gasteiger partial charge in [0.05, 0.1) is 17.5 Å². The number of esters is 1. The lowest BCUT2D eigenvalue weighted by molar-refractivity contribution is -0.154. The Balaban J connectivity index is 1.38. The van der Waals surface area contributed by atoms with Gasteiger partial charge in [0.15, 0.2) is 5.78 Å². The topological polar surface area (TPSA) is 99.2 Å². The van der Waals surface area contributed by atoms with Crippen LogP contribution in [-0.2, 0) is 19.0 Å². The zero-order chi connectivity index (χ0) is 39.2. The fourth-order valence-corrected chi connectivity index (χ4v) is 12.6. The number of likely N-dealkylation sites (tertiary alicyclic amines) is 1. The largest absolute Gasteiger partial charge is 0.508 e. The molecule has 8 nitrogen and oxygen atoms in total. The van der Waals surface area contributed by atoms with E-state index in [1.165, 1.54) is 12.2 Å². The quantitative estimate of drug-likeness (QED) is 0.0361. The van der Waals surface area contributed by atoms with Gasteiger partial charge in [-0.2, -0.15) is 0 Å². The number of carbonyl (C=O) groups excluding carboxylic acids is 4. The van der Waals surface area contributed by atoms with Crippen molar-refractivity contribution in [3.05, 3.63) is 164 Å². The predicted octanol–water partition coefficient (Wildman–Crippen LogP) is 8.28. The Labute approximate surface area is 329 Å². The fraction of sp³-hybridized carbons (Fsp3) is 0.152. The molecule has 3 atom stereocenters. The SMILES string of the molecule is C=CCOC(=O)O[C@H](C)[C@H]1C(=O)N(C=P(c2ccccc2)(c2ccccc2)c2ccccc2C(=O)OCC=C)[C@@H]1CC(=O)c1ccc2c(c1)sc1ccccc12. The number of thiophene rings is 1. The molecule has 0 N–H and O–H groups in total. The Morgan fingerprint density at radius 2 is 1.38 bits per heavy atom. The van der Waals surface area contributed by atoms with Gasteiger partial charge in [0.1, 0.15) is 19.3 Å². The Hall–Kier alpha value is -6.02. The van der Waals surface area contributed by atoms with Crippen LogP contribution in [0.5, 0.6) is 0 Å². The van der Waals surface area contributed by atoms with Crippen LogP contribution in [0.2, 0.25) is 0 Å². The van der Waals surface area contributed by atoms with E-state index in [4.69, 9.17) is 14.2 Å². The van der Waals surface area contributed by atoms with Gasteiger partial charge in [0, 0.05) is 38.1 Å². The van der Waals surface area contributed by atoms with Crippen molar-refractivity contribution in [3.63, 3.8) is 0 Å². The predicted molar refractivity (Wildman–Crippen MR) is 226 cm³/mol. The van der Waals surface area contributed by atoms with Crippen molar-refractivity contribution in [2.24, 2.45) is 5.92 Å². The molecule has 0 saturated carbocycles. The van der Waals surface area contributed by atoms with Gasteiger partial charge in [-0.25, -0.2) is 9.59 Å². The molecular weight excluding hydrogens is 742 g/mol. The number of hydrogen-bond donors (Lipinski definition) is 0. The number of carbonyl (C=O) groups is 4. The van der Waals surface area contributed by atoms with Gasteiger partial charge in [-0.3, -0.25) is 9.59 Å². The van der Waals surface area contributed by atoms with E-state index in [0.717, 1.165) is 30.8 Å². The van der Waals surface area contributed by atoms with Gasteiger partial charge in [0.25, 0.3) is 0 Å². The highest BCUT2D eigenvalue weighted by atomic mass is 32.1. The number of hydrogen-bond acceptors (Lipinski definition) is 8. The number of Topliss-reactive ketones (excluding diaryl/α,β-unsaturated/α-hetero) is 1. The van der Waals surface area contributed by atoms with Gasteiger partial charge in [-0.05, 0) is 47.9 Å². The van der Waals surface area contributed by atoms with E-state index in [1.54, 1.807) is 35.3 Å². The molecule has 1 amide bonds. The first-order chi connectivity index (χ1) is 27.3. The smallest absolute Gasteiger partial charge is 0.458 e. The van der Waals surface area contributed by atoms with E-state index < -0.39 is 37.1 Å². The lowest BCUT2D eigenvalue weighted by Gasteiger charge is -2.48. The van der Waals surface area contributed by atoms with Crippen LogP contribution in [0.3, 0.4) is 0 Å². The van der Waals surface area contributed by atoms with Gasteiger partial charge in [-0.15, -0.1) is 11.3 Å². The third-order valence-electron chi connectivity index (χ3n) is 9.97. The molecule has 6 aromatic rings. The molecule has 0 aliphatic carbocycles. The standard InChI is InChI=1S/C46H40NO7PS/c1-4-26-52-45(50)37-21-12-14-22-40(37)55(33-16-8-6-9-17-33,34-18-10-7-11-19-34)30-47-38(43(44(47)49)31(3)54-46(51)53-27-5-2)29-39(48)32-24-25-36-35-20-13-15-23-41(35)56-42(36)28-32/h4-25,28,30-31,38,43H,1-2,26-27,29H2,3H3/t31-,38-,43-/m1/s1. The fourth-order valence-electron chi connectivity index (χ4n) is 7.37. The molecular formula is C46H40NO7PS. The normalized spacial score (nSPS) is 15.7. The Kier molecular flexibility index (Phi) is 11.5. The third kappa shape index (κ3) is 7.36. The van der Waals surface area contributed by atoms with E-state index >= 15 is 0 Å². The van der Waals surface area contributed by atoms with E-state index in [1.807, 2.05) is 109 Å². The summed E-state index contributed by atoms with van der Waals surface area (Å²) in [5, 5.41) is 4.63. The van der Waals surface area contributed by atoms with Gasteiger partial charge >= 0.3 is 12.1 Å². The molecule has 282 valence electrons. The maximum atomic E-state index is 14.6. The molecule has 1 saturated heterocycles. The summed E-state index contributed by atoms with van der Waals surface area (Å²) in [7, 11) is 0. The summed E-state index contributed by atoms with van der Waals surface area (Å²) in [6.07, 6.45) is 1.03. The van der Waals surface area contributed by atoms with Gasteiger partial charge in [-0.1, -0.05) is 135 Å². The second-order valence-corrected chi connectivity index (χ2v) is 17.6. The molecule has 2 heterocycles. The molecule has 1 aliphatic rings. The number of fused-ring (bicyclic) bond motifs is 3. The minimum absolute atomic E-state index is 0.0237. The molecule has 1 fully saturated rings. The summed E-state index contributed by atoms with van der Waals surface area (Å²) in [4.78, 5) is 56.9. The summed E-state index contributed by atoms with van der Waals surface area (Å²) >= 11 is 1.62. The van der Waals surface area contributed by atoms with Crippen LogP contribution in [-0.4, -0.2) is 60.0 Å². The molecule has 56 heavy (non-hydrogen) atoms. The van der Waals surface area contributed by atoms with Crippen LogP contribution >= 0.6 is 18.2 Å². The van der Waals surface area contributed by atoms with E-state index in [2.05, 4.69) is 25.3 Å². The average molecular weight is 782 g/mol. The minimum Gasteiger partial charge on any atom is -0.458 e. The van der Waals surface area contributed by atoms with Crippen molar-refractivity contribution in [1.29, 1.82) is 0 Å². The van der Waals surface area contributed by atoms with Crippen LogP contribution in [0, 0.1) is 5.92 Å². The second-order valence-electron chi connectivity index (χ2n) is 13.4. The Bertz CT molecular complexity index is 2470. The lowest BCUT2D eigenvalue weighted by atomic mass is 9.80. The summed E-state index contributed by atoms with van der Waals surface area (Å²) in [5.41, 5.74) is 0.866. The lowest BCUT2D eigenvalue weighted by Crippen LogP contribution is -2.65. The van der Waals surface area contributed by atoms with Crippen LogP contribution in [0.1, 0.15) is 34.1 Å². The van der Waals surface area contributed by atoms with Gasteiger partial charge < -0.3 is 19.1 Å². The van der Waals surface area contributed by atoms with Crippen LogP contribution < -0.4 is 15.9 Å². The minimum atomic E-state index is -3.04. The Morgan fingerprint density at radius 3 is 2.07 bits per heavy atom. The van der Waals surface area contributed by atoms with Crippen molar-refractivity contribution in [2.75, 3.05) is 13.2 Å². The molecule has 0 radical (unpaired) electrons. The molecule has 0 bridgehead atoms. The number of nitrogens with zero attached hydrogens (tertiary/aromatic N) is 1. The van der Waals surface area contributed by atoms with Crippen molar-refractivity contribution < 1.29 is 33.4 Å². The first-order valence-corrected chi connectivity index (χ1v) is 20.9. The Morgan fingerprint density at radius 1 is 0.768 bits per heavy atom. The molecule has 7 rings (SSSR count). The first kappa shape index (κ1) is 38.3. The zero-order valence-corrected chi connectivity index (χ0v) is 32.5. The highest BCUT2D eigenvalue weighted by molar-refractivity contribution is 7.94.